The number of nitrogens with zero attached hydrogens (tertiary/aromatic N) is 2. The largest absolute Gasteiger partial charge is 0.494 e. The Bertz CT molecular complexity index is 446. The zero-order chi connectivity index (χ0) is 16.9. The molecule has 1 rings (SSSR count). The lowest BCUT2D eigenvalue weighted by atomic mass is 10.2. The lowest BCUT2D eigenvalue weighted by molar-refractivity contribution is 0.192. The summed E-state index contributed by atoms with van der Waals surface area (Å²) in [5.41, 5.74) is 1.24. The van der Waals surface area contributed by atoms with E-state index >= 15 is 0 Å². The number of methoxy groups -OCH3 is 1. The monoisotopic (exact) mass is 321 g/mol. The number of ether oxygens (including phenoxy) is 2. The maximum atomic E-state index is 5.47. The molecule has 0 aliphatic carbocycles. The molecular formula is C18H31N3O2. The van der Waals surface area contributed by atoms with Gasteiger partial charge in [0, 0.05) is 40.9 Å². The molecule has 0 bridgehead atoms. The molecule has 0 saturated heterocycles. The van der Waals surface area contributed by atoms with Gasteiger partial charge in [0.05, 0.1) is 6.61 Å². The van der Waals surface area contributed by atoms with Crippen LogP contribution in [-0.4, -0.2) is 51.8 Å². The van der Waals surface area contributed by atoms with Gasteiger partial charge in [0.25, 0.3) is 0 Å². The average Bonchev–Trinajstić information content (AvgIpc) is 2.56. The third kappa shape index (κ3) is 7.88. The van der Waals surface area contributed by atoms with Crippen molar-refractivity contribution in [3.63, 3.8) is 0 Å². The van der Waals surface area contributed by atoms with Gasteiger partial charge in [0.2, 0.25) is 0 Å². The maximum absolute atomic E-state index is 5.47. The summed E-state index contributed by atoms with van der Waals surface area (Å²) >= 11 is 0. The first-order chi connectivity index (χ1) is 11.2. The minimum Gasteiger partial charge on any atom is -0.494 e. The van der Waals surface area contributed by atoms with E-state index in [4.69, 9.17) is 9.47 Å². The van der Waals surface area contributed by atoms with Crippen LogP contribution in [0.15, 0.2) is 29.3 Å². The van der Waals surface area contributed by atoms with Crippen molar-refractivity contribution in [1.82, 2.24) is 10.2 Å². The van der Waals surface area contributed by atoms with E-state index in [1.165, 1.54) is 12.0 Å². The highest BCUT2D eigenvalue weighted by Crippen LogP contribution is 2.13. The van der Waals surface area contributed by atoms with Crippen molar-refractivity contribution in [2.75, 3.05) is 41.0 Å². The summed E-state index contributed by atoms with van der Waals surface area (Å²) in [6, 6.07) is 8.22. The minimum absolute atomic E-state index is 0.695. The summed E-state index contributed by atoms with van der Waals surface area (Å²) in [4.78, 5) is 6.48. The molecule has 0 aliphatic rings. The molecule has 5 heteroatoms. The van der Waals surface area contributed by atoms with Crippen LogP contribution < -0.4 is 10.1 Å². The van der Waals surface area contributed by atoms with Crippen LogP contribution in [0.5, 0.6) is 5.75 Å². The van der Waals surface area contributed by atoms with Gasteiger partial charge < -0.3 is 19.7 Å². The number of unbranched alkanes of at least 4 members (excludes halogenated alkanes) is 2. The SMILES string of the molecule is CCOc1ccc(CN(C)C(=NC)NCCCCCOC)cc1. The molecule has 0 aromatic heterocycles. The van der Waals surface area contributed by atoms with Gasteiger partial charge in [-0.15, -0.1) is 0 Å². The van der Waals surface area contributed by atoms with E-state index in [1.54, 1.807) is 7.11 Å². The van der Waals surface area contributed by atoms with Gasteiger partial charge >= 0.3 is 0 Å². The van der Waals surface area contributed by atoms with E-state index in [2.05, 4.69) is 34.4 Å². The average molecular weight is 321 g/mol. The van der Waals surface area contributed by atoms with E-state index in [1.807, 2.05) is 26.1 Å². The Hall–Kier alpha value is -1.75. The van der Waals surface area contributed by atoms with Crippen molar-refractivity contribution in [3.8, 4) is 5.75 Å². The van der Waals surface area contributed by atoms with Crippen molar-refractivity contribution in [2.45, 2.75) is 32.7 Å². The number of hydrogen-bond donors (Lipinski definition) is 1. The number of hydrogen-bond acceptors (Lipinski definition) is 3. The summed E-state index contributed by atoms with van der Waals surface area (Å²) in [6.07, 6.45) is 3.40. The Morgan fingerprint density at radius 2 is 1.91 bits per heavy atom. The number of nitrogens with one attached hydrogen (secondary N) is 1. The Morgan fingerprint density at radius 1 is 1.17 bits per heavy atom. The van der Waals surface area contributed by atoms with E-state index in [-0.39, 0.29) is 0 Å². The predicted octanol–water partition coefficient (Wildman–Crippen LogP) is 2.91. The molecule has 130 valence electrons. The highest BCUT2D eigenvalue weighted by molar-refractivity contribution is 5.79. The quantitative estimate of drug-likeness (QED) is 0.409. The summed E-state index contributed by atoms with van der Waals surface area (Å²) in [6.45, 7) is 5.28. The normalized spacial score (nSPS) is 11.4. The van der Waals surface area contributed by atoms with Crippen LogP contribution in [0.2, 0.25) is 0 Å². The topological polar surface area (TPSA) is 46.1 Å². The fraction of sp³-hybridized carbons (Fsp3) is 0.611. The Kier molecular flexibility index (Phi) is 9.87. The molecular weight excluding hydrogens is 290 g/mol. The first-order valence-corrected chi connectivity index (χ1v) is 8.33. The molecule has 0 fully saturated rings. The minimum atomic E-state index is 0.695. The van der Waals surface area contributed by atoms with Crippen LogP contribution in [0.25, 0.3) is 0 Å². The fourth-order valence-corrected chi connectivity index (χ4v) is 2.34. The molecule has 0 amide bonds. The first kappa shape index (κ1) is 19.3. The van der Waals surface area contributed by atoms with Crippen LogP contribution in [0, 0.1) is 0 Å². The second-order valence-electron chi connectivity index (χ2n) is 5.46. The number of guanidine groups is 1. The number of rotatable bonds is 10. The molecule has 5 nitrogen and oxygen atoms in total. The predicted molar refractivity (Wildman–Crippen MR) is 96.2 cm³/mol. The Labute approximate surface area is 140 Å². The summed E-state index contributed by atoms with van der Waals surface area (Å²) < 4.78 is 10.5. The first-order valence-electron chi connectivity index (χ1n) is 8.33. The molecule has 0 radical (unpaired) electrons. The lowest BCUT2D eigenvalue weighted by Gasteiger charge is -2.22. The van der Waals surface area contributed by atoms with Crippen LogP contribution in [0.3, 0.4) is 0 Å². The lowest BCUT2D eigenvalue weighted by Crippen LogP contribution is -2.38. The second-order valence-corrected chi connectivity index (χ2v) is 5.46. The third-order valence-electron chi connectivity index (χ3n) is 3.54. The molecule has 0 saturated carbocycles. The molecule has 1 aromatic carbocycles. The molecule has 0 heterocycles. The molecule has 0 spiro atoms. The Balaban J connectivity index is 2.36. The molecule has 0 unspecified atom stereocenters. The molecule has 23 heavy (non-hydrogen) atoms. The zero-order valence-electron chi connectivity index (χ0n) is 15.0. The van der Waals surface area contributed by atoms with Gasteiger partial charge in [0.1, 0.15) is 5.75 Å². The maximum Gasteiger partial charge on any atom is 0.193 e. The smallest absolute Gasteiger partial charge is 0.193 e. The standard InChI is InChI=1S/C18H31N3O2/c1-5-23-17-11-9-16(10-12-17)15-21(3)18(19-2)20-13-7-6-8-14-22-4/h9-12H,5-8,13-15H2,1-4H3,(H,19,20). The van der Waals surface area contributed by atoms with Crippen molar-refractivity contribution in [1.29, 1.82) is 0 Å². The van der Waals surface area contributed by atoms with Gasteiger partial charge in [-0.05, 0) is 43.9 Å². The zero-order valence-corrected chi connectivity index (χ0v) is 15.0. The third-order valence-corrected chi connectivity index (χ3v) is 3.54. The van der Waals surface area contributed by atoms with Crippen LogP contribution in [0.1, 0.15) is 31.7 Å². The van der Waals surface area contributed by atoms with Gasteiger partial charge in [0.15, 0.2) is 5.96 Å². The van der Waals surface area contributed by atoms with Gasteiger partial charge in [-0.1, -0.05) is 12.1 Å². The van der Waals surface area contributed by atoms with E-state index in [9.17, 15) is 0 Å². The van der Waals surface area contributed by atoms with Crippen molar-refractivity contribution in [2.24, 2.45) is 4.99 Å². The highest BCUT2D eigenvalue weighted by Gasteiger charge is 2.06. The van der Waals surface area contributed by atoms with E-state index in [0.29, 0.717) is 6.61 Å². The van der Waals surface area contributed by atoms with Gasteiger partial charge in [-0.2, -0.15) is 0 Å². The summed E-state index contributed by atoms with van der Waals surface area (Å²) in [5, 5.41) is 3.41. The summed E-state index contributed by atoms with van der Waals surface area (Å²) in [5.74, 6) is 1.84. The molecule has 1 aromatic rings. The van der Waals surface area contributed by atoms with Gasteiger partial charge in [-0.3, -0.25) is 4.99 Å². The molecule has 0 aliphatic heterocycles. The van der Waals surface area contributed by atoms with Crippen LogP contribution in [-0.2, 0) is 11.3 Å². The number of aliphatic imine (C=N–C) groups is 1. The fourth-order valence-electron chi connectivity index (χ4n) is 2.34. The van der Waals surface area contributed by atoms with E-state index in [0.717, 1.165) is 44.2 Å². The van der Waals surface area contributed by atoms with Crippen LogP contribution in [0.4, 0.5) is 0 Å². The molecule has 1 N–H and O–H groups in total. The van der Waals surface area contributed by atoms with E-state index < -0.39 is 0 Å². The second kappa shape index (κ2) is 11.8. The number of benzene rings is 1. The van der Waals surface area contributed by atoms with Crippen LogP contribution >= 0.6 is 0 Å². The van der Waals surface area contributed by atoms with Gasteiger partial charge in [-0.25, -0.2) is 0 Å². The van der Waals surface area contributed by atoms with Crippen molar-refractivity contribution >= 4 is 5.96 Å². The Morgan fingerprint density at radius 3 is 2.52 bits per heavy atom. The highest BCUT2D eigenvalue weighted by atomic mass is 16.5. The summed E-state index contributed by atoms with van der Waals surface area (Å²) in [7, 11) is 5.62. The van der Waals surface area contributed by atoms with Crippen molar-refractivity contribution < 1.29 is 9.47 Å². The molecule has 0 atom stereocenters. The van der Waals surface area contributed by atoms with Crippen molar-refractivity contribution in [3.05, 3.63) is 29.8 Å².